The van der Waals surface area contributed by atoms with Crippen molar-refractivity contribution in [3.05, 3.63) is 48.5 Å². The van der Waals surface area contributed by atoms with Gasteiger partial charge in [0.2, 0.25) is 15.9 Å². The summed E-state index contributed by atoms with van der Waals surface area (Å²) in [4.78, 5) is 12.6. The molecule has 0 aromatic heterocycles. The molecule has 1 amide bonds. The van der Waals surface area contributed by atoms with E-state index >= 15 is 0 Å². The maximum atomic E-state index is 12.6. The van der Waals surface area contributed by atoms with Crippen LogP contribution in [0.3, 0.4) is 0 Å². The third-order valence-electron chi connectivity index (χ3n) is 3.73. The molecular weight excluding hydrogens is 356 g/mol. The van der Waals surface area contributed by atoms with Crippen molar-refractivity contribution >= 4 is 27.3 Å². The molecule has 0 aliphatic heterocycles. The van der Waals surface area contributed by atoms with Gasteiger partial charge < -0.3 is 14.8 Å². The van der Waals surface area contributed by atoms with E-state index in [9.17, 15) is 13.2 Å². The molecule has 7 nitrogen and oxygen atoms in total. The van der Waals surface area contributed by atoms with Gasteiger partial charge in [0.25, 0.3) is 0 Å². The Morgan fingerprint density at radius 1 is 1.04 bits per heavy atom. The van der Waals surface area contributed by atoms with Crippen molar-refractivity contribution in [1.82, 2.24) is 0 Å². The third kappa shape index (κ3) is 4.66. The van der Waals surface area contributed by atoms with Gasteiger partial charge in [-0.25, -0.2) is 8.42 Å². The highest BCUT2D eigenvalue weighted by Gasteiger charge is 2.29. The Balaban J connectivity index is 2.31. The largest absolute Gasteiger partial charge is 0.497 e. The maximum Gasteiger partial charge on any atom is 0.247 e. The smallest absolute Gasteiger partial charge is 0.247 e. The molecular formula is C18H22N2O5S. The standard InChI is InChI=1S/C18H22N2O5S/c1-13(18(21)19-14-7-5-9-16(11-14)24-2)20(26(4,22)23)15-8-6-10-17(12-15)25-3/h5-13H,1-4H3,(H,19,21)/t13-/m0/s1. The summed E-state index contributed by atoms with van der Waals surface area (Å²) < 4.78 is 36.0. The highest BCUT2D eigenvalue weighted by molar-refractivity contribution is 7.92. The molecule has 0 heterocycles. The quantitative estimate of drug-likeness (QED) is 0.800. The van der Waals surface area contributed by atoms with Gasteiger partial charge in [0.05, 0.1) is 26.2 Å². The van der Waals surface area contributed by atoms with Gasteiger partial charge in [-0.05, 0) is 31.2 Å². The fraction of sp³-hybridized carbons (Fsp3) is 0.278. The first-order valence-corrected chi connectivity index (χ1v) is 9.69. The predicted molar refractivity (Wildman–Crippen MR) is 101 cm³/mol. The van der Waals surface area contributed by atoms with Crippen molar-refractivity contribution in [1.29, 1.82) is 0 Å². The van der Waals surface area contributed by atoms with E-state index in [1.165, 1.54) is 21.1 Å². The van der Waals surface area contributed by atoms with E-state index in [0.717, 1.165) is 10.6 Å². The second-order valence-corrected chi connectivity index (χ2v) is 7.52. The molecule has 2 rings (SSSR count). The Bertz CT molecular complexity index is 883. The molecule has 0 saturated carbocycles. The van der Waals surface area contributed by atoms with Gasteiger partial charge in [0.15, 0.2) is 0 Å². The van der Waals surface area contributed by atoms with Crippen LogP contribution in [0.5, 0.6) is 11.5 Å². The Hall–Kier alpha value is -2.74. The van der Waals surface area contributed by atoms with Gasteiger partial charge in [-0.15, -0.1) is 0 Å². The molecule has 0 aliphatic carbocycles. The summed E-state index contributed by atoms with van der Waals surface area (Å²) in [5.41, 5.74) is 0.862. The zero-order valence-electron chi connectivity index (χ0n) is 15.1. The summed E-state index contributed by atoms with van der Waals surface area (Å²) >= 11 is 0. The van der Waals surface area contributed by atoms with Crippen LogP contribution in [0.25, 0.3) is 0 Å². The molecule has 0 unspecified atom stereocenters. The number of amides is 1. The number of carbonyl (C=O) groups is 1. The minimum absolute atomic E-state index is 0.347. The molecule has 0 saturated heterocycles. The van der Waals surface area contributed by atoms with Gasteiger partial charge >= 0.3 is 0 Å². The summed E-state index contributed by atoms with van der Waals surface area (Å²) in [6.07, 6.45) is 1.06. The van der Waals surface area contributed by atoms with Crippen LogP contribution in [-0.2, 0) is 14.8 Å². The topological polar surface area (TPSA) is 84.9 Å². The van der Waals surface area contributed by atoms with Crippen LogP contribution in [0.4, 0.5) is 11.4 Å². The van der Waals surface area contributed by atoms with Gasteiger partial charge in [-0.2, -0.15) is 0 Å². The van der Waals surface area contributed by atoms with Crippen LogP contribution in [0, 0.1) is 0 Å². The average Bonchev–Trinajstić information content (AvgIpc) is 2.61. The molecule has 1 N–H and O–H groups in total. The summed E-state index contributed by atoms with van der Waals surface area (Å²) in [7, 11) is -0.686. The number of ether oxygens (including phenoxy) is 2. The van der Waals surface area contributed by atoms with Gasteiger partial charge in [0, 0.05) is 17.8 Å². The third-order valence-corrected chi connectivity index (χ3v) is 4.98. The number of benzene rings is 2. The van der Waals surface area contributed by atoms with Crippen LogP contribution in [-0.4, -0.2) is 40.8 Å². The Labute approximate surface area is 153 Å². The minimum Gasteiger partial charge on any atom is -0.497 e. The molecule has 2 aromatic carbocycles. The number of carbonyl (C=O) groups excluding carboxylic acids is 1. The van der Waals surface area contributed by atoms with Gasteiger partial charge in [-0.3, -0.25) is 9.10 Å². The predicted octanol–water partition coefficient (Wildman–Crippen LogP) is 2.50. The van der Waals surface area contributed by atoms with E-state index < -0.39 is 22.0 Å². The first-order chi connectivity index (χ1) is 12.3. The zero-order chi connectivity index (χ0) is 19.3. The fourth-order valence-corrected chi connectivity index (χ4v) is 3.67. The fourth-order valence-electron chi connectivity index (χ4n) is 2.50. The number of rotatable bonds is 7. The number of hydrogen-bond acceptors (Lipinski definition) is 5. The van der Waals surface area contributed by atoms with Gasteiger partial charge in [0.1, 0.15) is 17.5 Å². The van der Waals surface area contributed by atoms with E-state index in [1.807, 2.05) is 0 Å². The van der Waals surface area contributed by atoms with E-state index in [-0.39, 0.29) is 0 Å². The lowest BCUT2D eigenvalue weighted by atomic mass is 10.2. The normalized spacial score (nSPS) is 12.2. The van der Waals surface area contributed by atoms with E-state index in [0.29, 0.717) is 22.9 Å². The minimum atomic E-state index is -3.70. The van der Waals surface area contributed by atoms with Gasteiger partial charge in [-0.1, -0.05) is 12.1 Å². The molecule has 0 bridgehead atoms. The maximum absolute atomic E-state index is 12.6. The number of sulfonamides is 1. The molecule has 26 heavy (non-hydrogen) atoms. The molecule has 0 radical (unpaired) electrons. The monoisotopic (exact) mass is 378 g/mol. The number of nitrogens with one attached hydrogen (secondary N) is 1. The lowest BCUT2D eigenvalue weighted by Crippen LogP contribution is -2.45. The van der Waals surface area contributed by atoms with Crippen LogP contribution >= 0.6 is 0 Å². The lowest BCUT2D eigenvalue weighted by molar-refractivity contribution is -0.116. The Morgan fingerprint density at radius 3 is 2.19 bits per heavy atom. The first-order valence-electron chi connectivity index (χ1n) is 7.84. The van der Waals surface area contributed by atoms with Crippen molar-refractivity contribution in [3.63, 3.8) is 0 Å². The zero-order valence-corrected chi connectivity index (χ0v) is 15.9. The Morgan fingerprint density at radius 2 is 1.62 bits per heavy atom. The molecule has 0 fully saturated rings. The second kappa shape index (κ2) is 8.09. The van der Waals surface area contributed by atoms with Crippen molar-refractivity contribution in [2.45, 2.75) is 13.0 Å². The molecule has 140 valence electrons. The number of nitrogens with zero attached hydrogens (tertiary/aromatic N) is 1. The van der Waals surface area contributed by atoms with Crippen molar-refractivity contribution < 1.29 is 22.7 Å². The SMILES string of the molecule is COc1cccc(NC(=O)[C@H](C)N(c2cccc(OC)c2)S(C)(=O)=O)c1. The summed E-state index contributed by atoms with van der Waals surface area (Å²) in [6.45, 7) is 1.52. The van der Waals surface area contributed by atoms with Crippen LogP contribution < -0.4 is 19.1 Å². The molecule has 1 atom stereocenters. The number of anilines is 2. The summed E-state index contributed by atoms with van der Waals surface area (Å²) in [6, 6.07) is 12.4. The Kier molecular flexibility index (Phi) is 6.10. The van der Waals surface area contributed by atoms with Crippen molar-refractivity contribution in [2.24, 2.45) is 0 Å². The highest BCUT2D eigenvalue weighted by Crippen LogP contribution is 2.26. The molecule has 0 spiro atoms. The number of methoxy groups -OCH3 is 2. The van der Waals surface area contributed by atoms with Crippen molar-refractivity contribution in [3.8, 4) is 11.5 Å². The highest BCUT2D eigenvalue weighted by atomic mass is 32.2. The van der Waals surface area contributed by atoms with E-state index in [4.69, 9.17) is 9.47 Å². The molecule has 2 aromatic rings. The lowest BCUT2D eigenvalue weighted by Gasteiger charge is -2.28. The summed E-state index contributed by atoms with van der Waals surface area (Å²) in [5.74, 6) is 0.617. The average molecular weight is 378 g/mol. The van der Waals surface area contributed by atoms with Crippen molar-refractivity contribution in [2.75, 3.05) is 30.1 Å². The molecule has 8 heteroatoms. The van der Waals surface area contributed by atoms with E-state index in [1.54, 1.807) is 48.5 Å². The van der Waals surface area contributed by atoms with Crippen LogP contribution in [0.2, 0.25) is 0 Å². The van der Waals surface area contributed by atoms with Crippen LogP contribution in [0.1, 0.15) is 6.92 Å². The van der Waals surface area contributed by atoms with E-state index in [2.05, 4.69) is 5.32 Å². The first kappa shape index (κ1) is 19.6. The molecule has 0 aliphatic rings. The number of hydrogen-bond donors (Lipinski definition) is 1. The summed E-state index contributed by atoms with van der Waals surface area (Å²) in [5, 5.41) is 2.71. The second-order valence-electron chi connectivity index (χ2n) is 5.66. The van der Waals surface area contributed by atoms with Crippen LogP contribution in [0.15, 0.2) is 48.5 Å².